The number of benzene rings is 1. The van der Waals surface area contributed by atoms with E-state index in [9.17, 15) is 78.6 Å². The molecule has 2 aromatic rings. The normalized spacial score (nSPS) is 15.5. The molecule has 0 saturated carbocycles. The first-order valence-corrected chi connectivity index (χ1v) is 38.5. The summed E-state index contributed by atoms with van der Waals surface area (Å²) in [6.07, 6.45) is 8.60. The molecule has 1 radical (unpaired) electrons. The van der Waals surface area contributed by atoms with E-state index in [0.29, 0.717) is 162 Å². The monoisotopic (exact) mass is 1770 g/mol. The zero-order valence-electron chi connectivity index (χ0n) is 64.6. The van der Waals surface area contributed by atoms with Gasteiger partial charge in [0.05, 0.1) is 138 Å². The van der Waals surface area contributed by atoms with Crippen LogP contribution in [0.4, 0.5) is 28.3 Å². The SMILES string of the molecule is O=C(O)CCOCCOCCOCCOCCOCCOCCOCCOCCNc1nc(Nc2ccc(CC3CN(CC(=O)O)CCN(CC(=O)O)CCN(CC(=O)O)CCN3CC(=O)O)cc2)nc(N2CCN(CCCCCCCCCCC(=O)NCCCC[C@H](NC(=O)NC(CCC(=O)O)C(=O)O)C(=O)O)CC2)n1.[Lu]. The van der Waals surface area contributed by atoms with Crippen molar-refractivity contribution in [2.45, 2.75) is 121 Å². The number of hydrogen-bond acceptors (Lipinski definition) is 29. The molecule has 40 nitrogen and oxygen atoms in total. The number of rotatable bonds is 64. The molecular formula is C72H120LuN14O26. The van der Waals surface area contributed by atoms with Gasteiger partial charge in [-0.2, -0.15) is 15.0 Å². The van der Waals surface area contributed by atoms with E-state index < -0.39 is 84.9 Å². The molecule has 2 saturated heterocycles. The molecule has 1 aromatic heterocycles. The summed E-state index contributed by atoms with van der Waals surface area (Å²) in [6.45, 7) is 10.0. The molecule has 2 unspecified atom stereocenters. The smallest absolute Gasteiger partial charge is 0.326 e. The Morgan fingerprint density at radius 3 is 1.34 bits per heavy atom. The average molecular weight is 1770 g/mol. The van der Waals surface area contributed by atoms with Crippen molar-refractivity contribution < 1.29 is 164 Å². The quantitative estimate of drug-likeness (QED) is 0.0412. The van der Waals surface area contributed by atoms with Gasteiger partial charge in [0.15, 0.2) is 0 Å². The predicted molar refractivity (Wildman–Crippen MR) is 404 cm³/mol. The second-order valence-electron chi connectivity index (χ2n) is 26.8. The maximum atomic E-state index is 12.5. The summed E-state index contributed by atoms with van der Waals surface area (Å²) in [5, 5.41) is 89.5. The van der Waals surface area contributed by atoms with Crippen molar-refractivity contribution in [3.63, 3.8) is 0 Å². The fourth-order valence-corrected chi connectivity index (χ4v) is 11.9. The van der Waals surface area contributed by atoms with Crippen LogP contribution in [0.3, 0.4) is 0 Å². The number of urea groups is 1. The van der Waals surface area contributed by atoms with E-state index in [1.807, 2.05) is 24.3 Å². The minimum Gasteiger partial charge on any atom is -0.481 e. The molecule has 3 atom stereocenters. The molecule has 4 rings (SSSR count). The number of aromatic nitrogens is 3. The van der Waals surface area contributed by atoms with Crippen molar-refractivity contribution in [2.24, 2.45) is 0 Å². The van der Waals surface area contributed by atoms with E-state index in [4.69, 9.17) is 63.1 Å². The van der Waals surface area contributed by atoms with Crippen molar-refractivity contribution in [2.75, 3.05) is 239 Å². The number of anilines is 4. The molecule has 3 amide bonds. The van der Waals surface area contributed by atoms with Gasteiger partial charge in [0.1, 0.15) is 12.1 Å². The van der Waals surface area contributed by atoms with Crippen LogP contribution in [0.2, 0.25) is 0 Å². The Morgan fingerprint density at radius 2 is 0.841 bits per heavy atom. The molecule has 2 aliphatic heterocycles. The maximum absolute atomic E-state index is 12.5. The number of carboxylic acids is 8. The summed E-state index contributed by atoms with van der Waals surface area (Å²) in [5.74, 6) is -8.36. The number of piperazine rings is 1. The third-order valence-electron chi connectivity index (χ3n) is 17.8. The van der Waals surface area contributed by atoms with Crippen molar-refractivity contribution in [3.8, 4) is 0 Å². The minimum absolute atomic E-state index is 0. The number of ether oxygens (including phenoxy) is 8. The Bertz CT molecular complexity index is 3050. The van der Waals surface area contributed by atoms with Crippen LogP contribution in [0.5, 0.6) is 0 Å². The van der Waals surface area contributed by atoms with Crippen molar-refractivity contribution in [1.29, 1.82) is 0 Å². The summed E-state index contributed by atoms with van der Waals surface area (Å²) in [4.78, 5) is 143. The first-order chi connectivity index (χ1) is 54.0. The van der Waals surface area contributed by atoms with E-state index in [1.54, 1.807) is 19.6 Å². The molecule has 2 fully saturated rings. The van der Waals surface area contributed by atoms with Gasteiger partial charge in [0.2, 0.25) is 23.8 Å². The molecule has 3 heterocycles. The van der Waals surface area contributed by atoms with Gasteiger partial charge in [-0.05, 0) is 69.2 Å². The molecule has 1 aromatic carbocycles. The summed E-state index contributed by atoms with van der Waals surface area (Å²) >= 11 is 0. The second-order valence-corrected chi connectivity index (χ2v) is 26.8. The Hall–Kier alpha value is -7.16. The topological polar surface area (TPSA) is 525 Å². The van der Waals surface area contributed by atoms with Crippen LogP contribution < -0.4 is 31.5 Å². The van der Waals surface area contributed by atoms with Crippen LogP contribution in [0.1, 0.15) is 102 Å². The van der Waals surface area contributed by atoms with Gasteiger partial charge >= 0.3 is 53.8 Å². The van der Waals surface area contributed by atoms with Crippen LogP contribution in [-0.2, 0) is 87.5 Å². The summed E-state index contributed by atoms with van der Waals surface area (Å²) < 4.78 is 44.2. The average Bonchev–Trinajstić information content (AvgIpc) is 0.820. The number of hydrogen-bond donors (Lipinski definition) is 13. The number of nitrogens with zero attached hydrogens (tertiary/aromatic N) is 9. The predicted octanol–water partition coefficient (Wildman–Crippen LogP) is 1.10. The molecule has 13 N–H and O–H groups in total. The Kier molecular flexibility index (Phi) is 55.0. The Morgan fingerprint density at radius 1 is 0.407 bits per heavy atom. The van der Waals surface area contributed by atoms with E-state index in [2.05, 4.69) is 36.4 Å². The van der Waals surface area contributed by atoms with Gasteiger partial charge in [-0.25, -0.2) is 14.4 Å². The van der Waals surface area contributed by atoms with Gasteiger partial charge in [-0.3, -0.25) is 58.1 Å². The van der Waals surface area contributed by atoms with Gasteiger partial charge in [0.25, 0.3) is 0 Å². The maximum Gasteiger partial charge on any atom is 0.326 e. The molecule has 0 spiro atoms. The molecule has 649 valence electrons. The third-order valence-corrected chi connectivity index (χ3v) is 17.8. The number of amides is 3. The number of carbonyl (C=O) groups is 10. The van der Waals surface area contributed by atoms with Crippen molar-refractivity contribution >= 4 is 83.2 Å². The fourth-order valence-electron chi connectivity index (χ4n) is 11.9. The van der Waals surface area contributed by atoms with E-state index in [-0.39, 0.29) is 146 Å². The van der Waals surface area contributed by atoms with Crippen molar-refractivity contribution in [1.82, 2.24) is 55.4 Å². The molecule has 0 bridgehead atoms. The molecule has 2 aliphatic rings. The van der Waals surface area contributed by atoms with Crippen LogP contribution in [0.25, 0.3) is 0 Å². The Balaban J connectivity index is 0.0000331. The van der Waals surface area contributed by atoms with Crippen molar-refractivity contribution in [3.05, 3.63) is 29.8 Å². The van der Waals surface area contributed by atoms with Crippen LogP contribution in [0.15, 0.2) is 24.3 Å². The zero-order chi connectivity index (χ0) is 81.4. The minimum atomic E-state index is -1.50. The third kappa shape index (κ3) is 50.7. The van der Waals surface area contributed by atoms with E-state index >= 15 is 0 Å². The van der Waals surface area contributed by atoms with Gasteiger partial charge < -0.3 is 110 Å². The largest absolute Gasteiger partial charge is 0.481 e. The first-order valence-electron chi connectivity index (χ1n) is 38.5. The molecular weight excluding hydrogens is 1650 g/mol. The first kappa shape index (κ1) is 100. The summed E-state index contributed by atoms with van der Waals surface area (Å²) in [6, 6.07) is 2.99. The van der Waals surface area contributed by atoms with Crippen LogP contribution in [0, 0.1) is 36.9 Å². The number of nitrogens with one attached hydrogen (secondary N) is 5. The molecule has 41 heteroatoms. The van der Waals surface area contributed by atoms with Crippen LogP contribution >= 0.6 is 0 Å². The number of unbranched alkanes of at least 4 members (excludes halogenated alkanes) is 8. The standard InChI is InChI=1S/C72H120N14O26.Lu/c87-60(73-20-9-8-11-58(67(100)101)76-72(104)77-59(68(102)103)17-18-61(88)89)12-7-5-3-1-2-4-6-10-22-81-27-30-85(31-28-81)71-79-69(74-21-34-106-36-38-108-40-42-110-44-46-112-48-47-111-45-43-109-41-39-107-37-35-105-33-19-62(90)91)78-70(80-71)75-56-15-13-55(14-16-56)49-57-50-84(53-65(96)97)26-25-82(51-63(92)93)23-24-83(52-64(94)95)29-32-86(57)54-66(98)99;/h13-16,57-59H,1-12,17-54H2,(H,73,87)(H,88,89)(H,90,91)(H,92,93)(H,94,95)(H,96,97)(H,98,99)(H,100,101)(H,102,103)(H2,76,77,104)(H2,74,75,78,79,80);/t57?,58-,59?;/m0./s1. The van der Waals surface area contributed by atoms with E-state index in [1.165, 1.54) is 0 Å². The number of aliphatic carboxylic acids is 8. The zero-order valence-corrected chi connectivity index (χ0v) is 66.3. The summed E-state index contributed by atoms with van der Waals surface area (Å²) in [7, 11) is 0. The van der Waals surface area contributed by atoms with Crippen LogP contribution in [-0.4, -0.2) is 382 Å². The van der Waals surface area contributed by atoms with Gasteiger partial charge in [0, 0.05) is 147 Å². The fraction of sp³-hybridized carbons (Fsp3) is 0.736. The Labute approximate surface area is 688 Å². The van der Waals surface area contributed by atoms with Gasteiger partial charge in [-0.1, -0.05) is 50.7 Å². The number of carboxylic acid groups (broad SMARTS) is 8. The molecule has 113 heavy (non-hydrogen) atoms. The van der Waals surface area contributed by atoms with Gasteiger partial charge in [-0.15, -0.1) is 0 Å². The second kappa shape index (κ2) is 62.2. The summed E-state index contributed by atoms with van der Waals surface area (Å²) in [5.41, 5.74) is 1.43. The van der Waals surface area contributed by atoms with E-state index in [0.717, 1.165) is 76.6 Å². The molecule has 0 aliphatic carbocycles. The number of carbonyl (C=O) groups excluding carboxylic acids is 2.